The smallest absolute Gasteiger partial charge is 0.237 e. The Balaban J connectivity index is 1.58. The van der Waals surface area contributed by atoms with E-state index >= 15 is 0 Å². The molecule has 2 fully saturated rings. The molecule has 0 radical (unpaired) electrons. The van der Waals surface area contributed by atoms with Gasteiger partial charge in [-0.3, -0.25) is 14.5 Å². The van der Waals surface area contributed by atoms with Crippen LogP contribution in [0.25, 0.3) is 0 Å². The number of aromatic nitrogens is 1. The van der Waals surface area contributed by atoms with Crippen LogP contribution in [0.2, 0.25) is 0 Å². The number of amides is 2. The van der Waals surface area contributed by atoms with Crippen molar-refractivity contribution >= 4 is 11.8 Å². The van der Waals surface area contributed by atoms with Crippen molar-refractivity contribution in [3.8, 4) is 0 Å². The topological polar surface area (TPSA) is 78.7 Å². The molecule has 2 aliphatic rings. The van der Waals surface area contributed by atoms with Gasteiger partial charge in [0.05, 0.1) is 19.0 Å². The van der Waals surface area contributed by atoms with E-state index in [2.05, 4.69) is 15.4 Å². The van der Waals surface area contributed by atoms with E-state index < -0.39 is 0 Å². The molecule has 7 nitrogen and oxygen atoms in total. The molecule has 7 heteroatoms. The van der Waals surface area contributed by atoms with E-state index in [4.69, 9.17) is 4.52 Å². The van der Waals surface area contributed by atoms with Crippen molar-refractivity contribution < 1.29 is 14.1 Å². The lowest BCUT2D eigenvalue weighted by Crippen LogP contribution is -2.57. The predicted octanol–water partition coefficient (Wildman–Crippen LogP) is 1.40. The van der Waals surface area contributed by atoms with Crippen LogP contribution in [0.15, 0.2) is 16.9 Å². The van der Waals surface area contributed by atoms with E-state index in [-0.39, 0.29) is 24.3 Å². The normalized spacial score (nSPS) is 22.6. The van der Waals surface area contributed by atoms with Crippen LogP contribution in [0, 0.1) is 5.92 Å². The largest absolute Gasteiger partial charge is 0.364 e. The maximum atomic E-state index is 12.6. The van der Waals surface area contributed by atoms with Crippen LogP contribution < -0.4 is 5.32 Å². The van der Waals surface area contributed by atoms with Gasteiger partial charge in [0.25, 0.3) is 0 Å². The van der Waals surface area contributed by atoms with E-state index in [9.17, 15) is 9.59 Å². The number of nitrogens with one attached hydrogen (secondary N) is 1. The minimum Gasteiger partial charge on any atom is -0.364 e. The van der Waals surface area contributed by atoms with Crippen molar-refractivity contribution in [2.24, 2.45) is 5.92 Å². The number of hydrogen-bond donors (Lipinski definition) is 1. The summed E-state index contributed by atoms with van der Waals surface area (Å²) in [5.41, 5.74) is 0.711. The molecule has 1 aliphatic carbocycles. The molecule has 0 bridgehead atoms. The summed E-state index contributed by atoms with van der Waals surface area (Å²) in [6.07, 6.45) is 8.09. The molecule has 2 amide bonds. The monoisotopic (exact) mass is 348 g/mol. The lowest BCUT2D eigenvalue weighted by molar-refractivity contribution is -0.138. The molecule has 1 saturated heterocycles. The first-order valence-electron chi connectivity index (χ1n) is 9.28. The van der Waals surface area contributed by atoms with Crippen LogP contribution in [0.4, 0.5) is 0 Å². The van der Waals surface area contributed by atoms with Crippen molar-refractivity contribution in [2.45, 2.75) is 51.1 Å². The van der Waals surface area contributed by atoms with Crippen LogP contribution in [0.1, 0.15) is 44.2 Å². The van der Waals surface area contributed by atoms with Crippen molar-refractivity contribution in [2.75, 3.05) is 26.7 Å². The van der Waals surface area contributed by atoms with Crippen LogP contribution in [0.3, 0.4) is 0 Å². The molecule has 138 valence electrons. The van der Waals surface area contributed by atoms with Gasteiger partial charge in [-0.2, -0.15) is 0 Å². The fourth-order valence-corrected chi connectivity index (χ4v) is 3.88. The molecular weight excluding hydrogens is 320 g/mol. The number of nitrogens with zero attached hydrogens (tertiary/aromatic N) is 3. The molecule has 0 unspecified atom stereocenters. The fraction of sp³-hybridized carbons (Fsp3) is 0.722. The molecule has 1 aromatic rings. The first kappa shape index (κ1) is 17.9. The Bertz CT molecular complexity index is 569. The van der Waals surface area contributed by atoms with E-state index in [0.717, 1.165) is 13.1 Å². The van der Waals surface area contributed by atoms with Crippen molar-refractivity contribution in [1.29, 1.82) is 0 Å². The highest BCUT2D eigenvalue weighted by Crippen LogP contribution is 2.26. The zero-order valence-electron chi connectivity index (χ0n) is 14.9. The van der Waals surface area contributed by atoms with E-state index in [1.807, 2.05) is 0 Å². The Kier molecular flexibility index (Phi) is 6.07. The Morgan fingerprint density at radius 2 is 2.20 bits per heavy atom. The van der Waals surface area contributed by atoms with E-state index in [0.29, 0.717) is 24.7 Å². The number of hydrogen-bond acceptors (Lipinski definition) is 5. The fourth-order valence-electron chi connectivity index (χ4n) is 3.88. The zero-order valence-corrected chi connectivity index (χ0v) is 14.9. The van der Waals surface area contributed by atoms with Gasteiger partial charge in [-0.15, -0.1) is 0 Å². The summed E-state index contributed by atoms with van der Waals surface area (Å²) in [6.45, 7) is 2.82. The molecule has 3 rings (SSSR count). The second-order valence-corrected chi connectivity index (χ2v) is 7.25. The molecule has 2 heterocycles. The third-order valence-electron chi connectivity index (χ3n) is 5.34. The van der Waals surface area contributed by atoms with Gasteiger partial charge in [0.1, 0.15) is 12.0 Å². The molecule has 1 N–H and O–H groups in total. The maximum Gasteiger partial charge on any atom is 0.237 e. The summed E-state index contributed by atoms with van der Waals surface area (Å²) in [5.74, 6) is 0.592. The summed E-state index contributed by atoms with van der Waals surface area (Å²) in [6, 6.07) is 1.38. The first-order chi connectivity index (χ1) is 12.1. The summed E-state index contributed by atoms with van der Waals surface area (Å²) in [7, 11) is 1.74. The second kappa shape index (κ2) is 8.47. The van der Waals surface area contributed by atoms with Gasteiger partial charge in [0, 0.05) is 32.7 Å². The Labute approximate surface area is 148 Å². The average molecular weight is 348 g/mol. The average Bonchev–Trinajstić information content (AvgIpc) is 3.11. The van der Waals surface area contributed by atoms with Crippen molar-refractivity contribution in [3.05, 3.63) is 18.0 Å². The van der Waals surface area contributed by atoms with Crippen LogP contribution in [0.5, 0.6) is 0 Å². The highest BCUT2D eigenvalue weighted by atomic mass is 16.5. The number of carbonyl (C=O) groups is 2. The third kappa shape index (κ3) is 4.81. The number of piperazine rings is 1. The van der Waals surface area contributed by atoms with Gasteiger partial charge in [-0.1, -0.05) is 24.4 Å². The highest BCUT2D eigenvalue weighted by Gasteiger charge is 2.33. The molecule has 0 aromatic carbocycles. The Hall–Kier alpha value is -1.89. The van der Waals surface area contributed by atoms with E-state index in [1.54, 1.807) is 18.0 Å². The summed E-state index contributed by atoms with van der Waals surface area (Å²) < 4.78 is 4.80. The van der Waals surface area contributed by atoms with Gasteiger partial charge in [-0.05, 0) is 18.8 Å². The number of carbonyl (C=O) groups excluding carboxylic acids is 2. The van der Waals surface area contributed by atoms with Crippen LogP contribution in [-0.2, 0) is 16.1 Å². The van der Waals surface area contributed by atoms with Crippen molar-refractivity contribution in [1.82, 2.24) is 20.3 Å². The molecule has 25 heavy (non-hydrogen) atoms. The standard InChI is InChI=1S/C18H28N4O3/c1-21(13-15-7-10-25-20-15)17(23)11-16-18(24)19-8-9-22(16)12-14-5-3-2-4-6-14/h7,10,14,16H,2-6,8-9,11-13H2,1H3,(H,19,24)/t16-/m0/s1. The van der Waals surface area contributed by atoms with Crippen molar-refractivity contribution in [3.63, 3.8) is 0 Å². The minimum atomic E-state index is -0.358. The third-order valence-corrected chi connectivity index (χ3v) is 5.34. The first-order valence-corrected chi connectivity index (χ1v) is 9.28. The van der Waals surface area contributed by atoms with Gasteiger partial charge < -0.3 is 14.7 Å². The summed E-state index contributed by atoms with van der Waals surface area (Å²) in [5, 5.41) is 6.74. The van der Waals surface area contributed by atoms with Crippen LogP contribution >= 0.6 is 0 Å². The van der Waals surface area contributed by atoms with Gasteiger partial charge >= 0.3 is 0 Å². The highest BCUT2D eigenvalue weighted by molar-refractivity contribution is 5.88. The van der Waals surface area contributed by atoms with E-state index in [1.165, 1.54) is 38.4 Å². The predicted molar refractivity (Wildman–Crippen MR) is 92.5 cm³/mol. The molecule has 1 aromatic heterocycles. The lowest BCUT2D eigenvalue weighted by Gasteiger charge is -2.38. The zero-order chi connectivity index (χ0) is 17.6. The molecule has 1 saturated carbocycles. The van der Waals surface area contributed by atoms with Crippen LogP contribution in [-0.4, -0.2) is 59.5 Å². The summed E-state index contributed by atoms with van der Waals surface area (Å²) >= 11 is 0. The Morgan fingerprint density at radius 1 is 1.40 bits per heavy atom. The second-order valence-electron chi connectivity index (χ2n) is 7.25. The van der Waals surface area contributed by atoms with Gasteiger partial charge in [0.2, 0.25) is 11.8 Å². The Morgan fingerprint density at radius 3 is 2.92 bits per heavy atom. The molecule has 1 aliphatic heterocycles. The molecule has 1 atom stereocenters. The molecule has 0 spiro atoms. The van der Waals surface area contributed by atoms with Gasteiger partial charge in [0.15, 0.2) is 0 Å². The lowest BCUT2D eigenvalue weighted by atomic mass is 9.88. The number of rotatable bonds is 6. The molecular formula is C18H28N4O3. The SMILES string of the molecule is CN(Cc1ccon1)C(=O)C[C@H]1C(=O)NCCN1CC1CCCCC1. The quantitative estimate of drug-likeness (QED) is 0.841. The maximum absolute atomic E-state index is 12.6. The summed E-state index contributed by atoms with van der Waals surface area (Å²) in [4.78, 5) is 28.8. The van der Waals surface area contributed by atoms with Gasteiger partial charge in [-0.25, -0.2) is 0 Å². The minimum absolute atomic E-state index is 0.0229.